The van der Waals surface area contributed by atoms with Crippen molar-refractivity contribution in [1.29, 1.82) is 0 Å². The predicted molar refractivity (Wildman–Crippen MR) is 84.4 cm³/mol. The monoisotopic (exact) mass is 290 g/mol. The molecule has 1 N–H and O–H groups in total. The molecular formula is C18H27FN2. The van der Waals surface area contributed by atoms with E-state index in [0.29, 0.717) is 13.0 Å². The average molecular weight is 290 g/mol. The van der Waals surface area contributed by atoms with Gasteiger partial charge in [-0.3, -0.25) is 4.98 Å². The van der Waals surface area contributed by atoms with Crippen molar-refractivity contribution < 1.29 is 4.39 Å². The number of fused-ring (bicyclic) bond motifs is 1. The van der Waals surface area contributed by atoms with Gasteiger partial charge >= 0.3 is 0 Å². The van der Waals surface area contributed by atoms with Crippen LogP contribution in [0.4, 0.5) is 4.39 Å². The van der Waals surface area contributed by atoms with Crippen LogP contribution in [0.3, 0.4) is 0 Å². The van der Waals surface area contributed by atoms with Crippen LogP contribution in [0.5, 0.6) is 0 Å². The van der Waals surface area contributed by atoms with Gasteiger partial charge < -0.3 is 5.32 Å². The number of rotatable bonds is 6. The van der Waals surface area contributed by atoms with Crippen molar-refractivity contribution in [2.75, 3.05) is 13.1 Å². The van der Waals surface area contributed by atoms with Gasteiger partial charge in [-0.1, -0.05) is 18.9 Å². The highest BCUT2D eigenvalue weighted by Gasteiger charge is 2.32. The first-order valence-corrected chi connectivity index (χ1v) is 8.63. The van der Waals surface area contributed by atoms with E-state index in [2.05, 4.69) is 17.4 Å². The lowest BCUT2D eigenvalue weighted by Gasteiger charge is -2.17. The van der Waals surface area contributed by atoms with E-state index in [1.54, 1.807) is 0 Å². The summed E-state index contributed by atoms with van der Waals surface area (Å²) >= 11 is 0. The summed E-state index contributed by atoms with van der Waals surface area (Å²) in [5.74, 6) is 0. The number of aromatic nitrogens is 1. The number of aryl methyl sites for hydroxylation is 3. The lowest BCUT2D eigenvalue weighted by Crippen LogP contribution is -2.25. The van der Waals surface area contributed by atoms with Gasteiger partial charge in [0.25, 0.3) is 0 Å². The van der Waals surface area contributed by atoms with Crippen LogP contribution in [0.1, 0.15) is 61.9 Å². The fourth-order valence-corrected chi connectivity index (χ4v) is 3.62. The smallest absolute Gasteiger partial charge is 0.124 e. The summed E-state index contributed by atoms with van der Waals surface area (Å²) in [7, 11) is 0. The highest BCUT2D eigenvalue weighted by Crippen LogP contribution is 2.26. The summed E-state index contributed by atoms with van der Waals surface area (Å²) in [6.07, 6.45) is 10.7. The van der Waals surface area contributed by atoms with Crippen LogP contribution in [0.2, 0.25) is 0 Å². The number of nitrogens with one attached hydrogen (secondary N) is 1. The molecule has 0 saturated carbocycles. The molecule has 1 aliphatic heterocycles. The molecule has 2 nitrogen and oxygen atoms in total. The zero-order valence-corrected chi connectivity index (χ0v) is 13.0. The van der Waals surface area contributed by atoms with Gasteiger partial charge in [0.05, 0.1) is 0 Å². The number of unbranched alkanes of at least 4 members (excludes halogenated alkanes) is 2. The fraction of sp³-hybridized carbons (Fsp3) is 0.722. The molecule has 2 heterocycles. The average Bonchev–Trinajstić information content (AvgIpc) is 2.94. The Hall–Kier alpha value is -0.960. The van der Waals surface area contributed by atoms with Crippen LogP contribution in [0.25, 0.3) is 0 Å². The molecule has 0 radical (unpaired) electrons. The van der Waals surface area contributed by atoms with E-state index in [9.17, 15) is 4.39 Å². The maximum Gasteiger partial charge on any atom is 0.124 e. The molecule has 1 atom stereocenters. The molecule has 1 unspecified atom stereocenters. The molecule has 1 aromatic heterocycles. The summed E-state index contributed by atoms with van der Waals surface area (Å²) in [5, 5.41) is 3.12. The van der Waals surface area contributed by atoms with Gasteiger partial charge in [0.1, 0.15) is 5.67 Å². The Balaban J connectivity index is 1.39. The van der Waals surface area contributed by atoms with Gasteiger partial charge in [0.2, 0.25) is 0 Å². The number of pyridine rings is 1. The lowest BCUT2D eigenvalue weighted by molar-refractivity contribution is 0.171. The van der Waals surface area contributed by atoms with Crippen molar-refractivity contribution in [2.24, 2.45) is 0 Å². The minimum Gasteiger partial charge on any atom is -0.313 e. The Morgan fingerprint density at radius 2 is 2.05 bits per heavy atom. The van der Waals surface area contributed by atoms with E-state index in [4.69, 9.17) is 4.98 Å². The first-order chi connectivity index (χ1) is 10.3. The second kappa shape index (κ2) is 6.87. The van der Waals surface area contributed by atoms with Crippen LogP contribution < -0.4 is 5.32 Å². The molecule has 0 amide bonds. The largest absolute Gasteiger partial charge is 0.313 e. The maximum absolute atomic E-state index is 14.2. The molecule has 0 spiro atoms. The SMILES string of the molecule is FC1(CCCCCc2ccc3c(n2)CCCC3)CCNC1. The van der Waals surface area contributed by atoms with Crippen molar-refractivity contribution in [2.45, 2.75) is 69.9 Å². The normalized spacial score (nSPS) is 25.0. The van der Waals surface area contributed by atoms with Crippen molar-refractivity contribution in [3.8, 4) is 0 Å². The fourth-order valence-electron chi connectivity index (χ4n) is 3.62. The molecule has 116 valence electrons. The highest BCUT2D eigenvalue weighted by atomic mass is 19.1. The minimum atomic E-state index is -0.927. The van der Waals surface area contributed by atoms with E-state index in [1.165, 1.54) is 36.2 Å². The van der Waals surface area contributed by atoms with Crippen molar-refractivity contribution in [3.63, 3.8) is 0 Å². The summed E-state index contributed by atoms with van der Waals surface area (Å²) in [6.45, 7) is 1.40. The Kier molecular flexibility index (Phi) is 4.89. The van der Waals surface area contributed by atoms with Gasteiger partial charge in [0.15, 0.2) is 0 Å². The first kappa shape index (κ1) is 15.0. The predicted octanol–water partition coefficient (Wildman–Crippen LogP) is 3.76. The van der Waals surface area contributed by atoms with Crippen LogP contribution in [-0.4, -0.2) is 23.7 Å². The zero-order valence-electron chi connectivity index (χ0n) is 13.0. The van der Waals surface area contributed by atoms with Crippen molar-refractivity contribution in [3.05, 3.63) is 29.1 Å². The molecule has 1 aliphatic carbocycles. The number of halogens is 1. The molecule has 3 heteroatoms. The Morgan fingerprint density at radius 1 is 1.14 bits per heavy atom. The Bertz CT molecular complexity index is 466. The number of hydrogen-bond donors (Lipinski definition) is 1. The van der Waals surface area contributed by atoms with E-state index in [1.807, 2.05) is 0 Å². The van der Waals surface area contributed by atoms with Gasteiger partial charge in [-0.2, -0.15) is 0 Å². The Morgan fingerprint density at radius 3 is 2.90 bits per heavy atom. The van der Waals surface area contributed by atoms with Gasteiger partial charge in [-0.05, 0) is 69.5 Å². The molecule has 1 saturated heterocycles. The molecule has 3 rings (SSSR count). The second-order valence-electron chi connectivity index (χ2n) is 6.75. The van der Waals surface area contributed by atoms with Crippen LogP contribution in [0.15, 0.2) is 12.1 Å². The third-order valence-corrected chi connectivity index (χ3v) is 4.99. The summed E-state index contributed by atoms with van der Waals surface area (Å²) < 4.78 is 14.2. The molecule has 1 aromatic rings. The minimum absolute atomic E-state index is 0.555. The summed E-state index contributed by atoms with van der Waals surface area (Å²) in [6, 6.07) is 4.47. The van der Waals surface area contributed by atoms with Crippen molar-refractivity contribution in [1.82, 2.24) is 10.3 Å². The second-order valence-corrected chi connectivity index (χ2v) is 6.75. The van der Waals surface area contributed by atoms with E-state index in [0.717, 1.165) is 45.1 Å². The molecular weight excluding hydrogens is 263 g/mol. The quantitative estimate of drug-likeness (QED) is 0.807. The van der Waals surface area contributed by atoms with Crippen LogP contribution in [0, 0.1) is 0 Å². The van der Waals surface area contributed by atoms with E-state index >= 15 is 0 Å². The van der Waals surface area contributed by atoms with Crippen LogP contribution in [-0.2, 0) is 19.3 Å². The molecule has 21 heavy (non-hydrogen) atoms. The topological polar surface area (TPSA) is 24.9 Å². The van der Waals surface area contributed by atoms with Crippen LogP contribution >= 0.6 is 0 Å². The van der Waals surface area contributed by atoms with E-state index in [-0.39, 0.29) is 0 Å². The zero-order chi connectivity index (χ0) is 14.5. The summed E-state index contributed by atoms with van der Waals surface area (Å²) in [4.78, 5) is 4.82. The molecule has 0 aromatic carbocycles. The Labute approximate surface area is 127 Å². The lowest BCUT2D eigenvalue weighted by atomic mass is 9.95. The first-order valence-electron chi connectivity index (χ1n) is 8.63. The maximum atomic E-state index is 14.2. The number of alkyl halides is 1. The van der Waals surface area contributed by atoms with E-state index < -0.39 is 5.67 Å². The molecule has 0 bridgehead atoms. The number of hydrogen-bond acceptors (Lipinski definition) is 2. The standard InChI is InChI=1S/C18H27FN2/c19-18(12-13-20-14-18)11-5-1-2-7-16-10-9-15-6-3-4-8-17(15)21-16/h9-10,20H,1-8,11-14H2. The highest BCUT2D eigenvalue weighted by molar-refractivity contribution is 5.25. The van der Waals surface area contributed by atoms with Crippen molar-refractivity contribution >= 4 is 0 Å². The molecule has 1 fully saturated rings. The third kappa shape index (κ3) is 4.03. The summed E-state index contributed by atoms with van der Waals surface area (Å²) in [5.41, 5.74) is 3.09. The van der Waals surface area contributed by atoms with Gasteiger partial charge in [-0.25, -0.2) is 4.39 Å². The third-order valence-electron chi connectivity index (χ3n) is 4.99. The number of nitrogens with zero attached hydrogens (tertiary/aromatic N) is 1. The van der Waals surface area contributed by atoms with Gasteiger partial charge in [0, 0.05) is 17.9 Å². The van der Waals surface area contributed by atoms with Gasteiger partial charge in [-0.15, -0.1) is 0 Å². The molecule has 2 aliphatic rings.